The van der Waals surface area contributed by atoms with Gasteiger partial charge in [0.15, 0.2) is 0 Å². The molecule has 8 aromatic carbocycles. The number of benzene rings is 8. The average Bonchev–Trinajstić information content (AvgIpc) is 3.80. The molecular weight excluding hydrogens is 627 g/mol. The van der Waals surface area contributed by atoms with E-state index in [1.54, 1.807) is 0 Å². The number of hydrogen-bond acceptors (Lipinski definition) is 0. The maximum atomic E-state index is 3.79. The molecule has 0 amide bonds. The number of fused-ring (bicyclic) bond motifs is 9. The van der Waals surface area contributed by atoms with Gasteiger partial charge in [0.05, 0.1) is 5.69 Å². The molecule has 1 aromatic heterocycles. The molecule has 1 N–H and O–H groups in total. The topological polar surface area (TPSA) is 15.8 Å². The zero-order chi connectivity index (χ0) is 34.6. The zero-order valence-corrected chi connectivity index (χ0v) is 29.4. The van der Waals surface area contributed by atoms with E-state index >= 15 is 0 Å². The third kappa shape index (κ3) is 4.23. The molecular formula is C51H37N. The van der Waals surface area contributed by atoms with Crippen molar-refractivity contribution in [3.8, 4) is 44.6 Å². The van der Waals surface area contributed by atoms with Gasteiger partial charge in [0, 0.05) is 33.4 Å². The lowest BCUT2D eigenvalue weighted by Gasteiger charge is -2.24. The molecule has 0 saturated carbocycles. The second kappa shape index (κ2) is 10.9. The molecule has 0 aliphatic heterocycles. The lowest BCUT2D eigenvalue weighted by molar-refractivity contribution is 0.658. The van der Waals surface area contributed by atoms with Crippen molar-refractivity contribution in [3.05, 3.63) is 192 Å². The van der Waals surface area contributed by atoms with Crippen LogP contribution in [0.1, 0.15) is 47.6 Å². The summed E-state index contributed by atoms with van der Waals surface area (Å²) in [6, 6.07) is 61.5. The van der Waals surface area contributed by atoms with Crippen LogP contribution in [0, 0.1) is 0 Å². The minimum atomic E-state index is -0.0270. The summed E-state index contributed by atoms with van der Waals surface area (Å²) >= 11 is 0. The second-order valence-corrected chi connectivity index (χ2v) is 15.3. The van der Waals surface area contributed by atoms with Crippen molar-refractivity contribution in [3.63, 3.8) is 0 Å². The van der Waals surface area contributed by atoms with Crippen LogP contribution in [0.4, 0.5) is 0 Å². The Morgan fingerprint density at radius 1 is 0.519 bits per heavy atom. The van der Waals surface area contributed by atoms with Crippen LogP contribution in [0.2, 0.25) is 0 Å². The van der Waals surface area contributed by atoms with Gasteiger partial charge in [-0.2, -0.15) is 0 Å². The van der Waals surface area contributed by atoms with E-state index in [1.807, 2.05) is 0 Å². The SMILES string of the molecule is CC1(C)c2ccccc2-c2ccc(CC(c3cccc(-c4ccc5[nH]c6c(c5c4)-c4cccc5cccc-6c45)c3)c3cccc4ccccc34)cc21. The highest BCUT2D eigenvalue weighted by atomic mass is 14.7. The predicted molar refractivity (Wildman–Crippen MR) is 219 cm³/mol. The third-order valence-corrected chi connectivity index (χ3v) is 12.2. The van der Waals surface area contributed by atoms with Crippen molar-refractivity contribution in [1.82, 2.24) is 4.98 Å². The lowest BCUT2D eigenvalue weighted by atomic mass is 9.79. The third-order valence-electron chi connectivity index (χ3n) is 12.2. The molecule has 0 spiro atoms. The summed E-state index contributed by atoms with van der Waals surface area (Å²) in [7, 11) is 0. The van der Waals surface area contributed by atoms with E-state index in [1.165, 1.54) is 105 Å². The summed E-state index contributed by atoms with van der Waals surface area (Å²) in [4.78, 5) is 3.79. The van der Waals surface area contributed by atoms with Crippen LogP contribution in [0.5, 0.6) is 0 Å². The Kier molecular flexibility index (Phi) is 6.20. The Bertz CT molecular complexity index is 2910. The first kappa shape index (κ1) is 29.5. The number of nitrogens with one attached hydrogen (secondary N) is 1. The molecule has 1 atom stereocenters. The Hall–Kier alpha value is -6.18. The summed E-state index contributed by atoms with van der Waals surface area (Å²) in [5.41, 5.74) is 18.6. The fourth-order valence-corrected chi connectivity index (χ4v) is 9.62. The molecule has 0 saturated heterocycles. The van der Waals surface area contributed by atoms with Gasteiger partial charge in [0.2, 0.25) is 0 Å². The minimum absolute atomic E-state index is 0.0270. The molecule has 52 heavy (non-hydrogen) atoms. The lowest BCUT2D eigenvalue weighted by Crippen LogP contribution is -2.15. The van der Waals surface area contributed by atoms with E-state index in [9.17, 15) is 0 Å². The van der Waals surface area contributed by atoms with Crippen LogP contribution < -0.4 is 0 Å². The van der Waals surface area contributed by atoms with Crippen LogP contribution in [0.15, 0.2) is 164 Å². The van der Waals surface area contributed by atoms with Crippen molar-refractivity contribution in [1.29, 1.82) is 0 Å². The van der Waals surface area contributed by atoms with Crippen molar-refractivity contribution >= 4 is 32.4 Å². The maximum Gasteiger partial charge on any atom is 0.0551 e. The molecule has 1 nitrogen and oxygen atoms in total. The fraction of sp³-hybridized carbons (Fsp3) is 0.0980. The van der Waals surface area contributed by atoms with E-state index < -0.39 is 0 Å². The molecule has 11 rings (SSSR count). The molecule has 0 radical (unpaired) electrons. The van der Waals surface area contributed by atoms with E-state index in [-0.39, 0.29) is 11.3 Å². The number of hydrogen-bond donors (Lipinski definition) is 1. The number of aromatic amines is 1. The first-order valence-electron chi connectivity index (χ1n) is 18.5. The van der Waals surface area contributed by atoms with E-state index in [4.69, 9.17) is 0 Å². The molecule has 1 heteroatoms. The Morgan fingerprint density at radius 2 is 1.23 bits per heavy atom. The van der Waals surface area contributed by atoms with E-state index in [0.29, 0.717) is 0 Å². The highest BCUT2D eigenvalue weighted by Gasteiger charge is 2.35. The molecule has 0 fully saturated rings. The van der Waals surface area contributed by atoms with Gasteiger partial charge in [-0.1, -0.05) is 166 Å². The van der Waals surface area contributed by atoms with Crippen molar-refractivity contribution in [2.45, 2.75) is 31.6 Å². The molecule has 246 valence electrons. The average molecular weight is 664 g/mol. The number of aromatic nitrogens is 1. The highest BCUT2D eigenvalue weighted by molar-refractivity contribution is 6.21. The Labute approximate surface area is 304 Å². The first-order valence-corrected chi connectivity index (χ1v) is 18.5. The summed E-state index contributed by atoms with van der Waals surface area (Å²) in [6.07, 6.45) is 0.920. The Balaban J connectivity index is 1.04. The molecule has 2 aliphatic carbocycles. The van der Waals surface area contributed by atoms with E-state index in [0.717, 1.165) is 6.42 Å². The van der Waals surface area contributed by atoms with Gasteiger partial charge in [-0.3, -0.25) is 0 Å². The van der Waals surface area contributed by atoms with E-state index in [2.05, 4.69) is 183 Å². The van der Waals surface area contributed by atoms with Gasteiger partial charge in [0.25, 0.3) is 0 Å². The predicted octanol–water partition coefficient (Wildman–Crippen LogP) is 13.5. The van der Waals surface area contributed by atoms with Gasteiger partial charge < -0.3 is 4.98 Å². The van der Waals surface area contributed by atoms with Crippen LogP contribution in [-0.4, -0.2) is 4.98 Å². The Morgan fingerprint density at radius 3 is 2.15 bits per heavy atom. The number of rotatable bonds is 5. The molecule has 0 bridgehead atoms. The summed E-state index contributed by atoms with van der Waals surface area (Å²) < 4.78 is 0. The summed E-state index contributed by atoms with van der Waals surface area (Å²) in [5.74, 6) is 0.184. The largest absolute Gasteiger partial charge is 0.354 e. The number of H-pyrrole nitrogens is 1. The zero-order valence-electron chi connectivity index (χ0n) is 29.4. The molecule has 1 unspecified atom stereocenters. The minimum Gasteiger partial charge on any atom is -0.354 e. The van der Waals surface area contributed by atoms with Crippen LogP contribution in [-0.2, 0) is 11.8 Å². The molecule has 9 aromatic rings. The van der Waals surface area contributed by atoms with Crippen molar-refractivity contribution in [2.75, 3.05) is 0 Å². The van der Waals surface area contributed by atoms with Gasteiger partial charge >= 0.3 is 0 Å². The van der Waals surface area contributed by atoms with Gasteiger partial charge in [0.1, 0.15) is 0 Å². The molecule has 2 aliphatic rings. The summed E-state index contributed by atoms with van der Waals surface area (Å²) in [6.45, 7) is 4.76. The quantitative estimate of drug-likeness (QED) is 0.189. The monoisotopic (exact) mass is 663 g/mol. The normalized spacial score (nSPS) is 14.1. The fourth-order valence-electron chi connectivity index (χ4n) is 9.62. The van der Waals surface area contributed by atoms with Gasteiger partial charge in [-0.25, -0.2) is 0 Å². The van der Waals surface area contributed by atoms with Crippen LogP contribution in [0.3, 0.4) is 0 Å². The van der Waals surface area contributed by atoms with Gasteiger partial charge in [-0.05, 0) is 95.7 Å². The summed E-state index contributed by atoms with van der Waals surface area (Å²) in [5, 5.41) is 6.56. The van der Waals surface area contributed by atoms with Crippen LogP contribution >= 0.6 is 0 Å². The maximum absolute atomic E-state index is 3.79. The van der Waals surface area contributed by atoms with Gasteiger partial charge in [-0.15, -0.1) is 0 Å². The first-order chi connectivity index (χ1) is 25.5. The van der Waals surface area contributed by atoms with Crippen molar-refractivity contribution < 1.29 is 0 Å². The van der Waals surface area contributed by atoms with Crippen LogP contribution in [0.25, 0.3) is 77.1 Å². The smallest absolute Gasteiger partial charge is 0.0551 e. The highest BCUT2D eigenvalue weighted by Crippen LogP contribution is 2.51. The molecule has 1 heterocycles. The standard InChI is InChI=1S/C51H37N/c1-51(2)45-22-6-5-18-39(45)40-25-23-31(28-46(40)51)27-43(38-19-8-12-32-11-3-4-17-37(32)38)36-16-7-15-34(29-36)35-24-26-47-44(30-35)49-41-20-9-13-33-14-10-21-42(48(33)41)50(49)52-47/h3-26,28-30,43,52H,27H2,1-2H3. The van der Waals surface area contributed by atoms with Crippen molar-refractivity contribution in [2.24, 2.45) is 0 Å². The second-order valence-electron chi connectivity index (χ2n) is 15.3.